The van der Waals surface area contributed by atoms with Crippen LogP contribution in [0, 0.1) is 17.3 Å². The predicted octanol–water partition coefficient (Wildman–Crippen LogP) is 1.31. The molecule has 1 saturated carbocycles. The van der Waals surface area contributed by atoms with Gasteiger partial charge in [0.2, 0.25) is 0 Å². The summed E-state index contributed by atoms with van der Waals surface area (Å²) in [7, 11) is 0. The van der Waals surface area contributed by atoms with Crippen molar-refractivity contribution in [2.45, 2.75) is 26.2 Å². The lowest BCUT2D eigenvalue weighted by Crippen LogP contribution is -2.40. The Morgan fingerprint density at radius 2 is 2.37 bits per heavy atom. The van der Waals surface area contributed by atoms with Crippen molar-refractivity contribution in [3.05, 3.63) is 29.6 Å². The molecule has 4 heteroatoms. The third-order valence-corrected chi connectivity index (χ3v) is 3.63. The molecule has 0 radical (unpaired) electrons. The number of carbonyl (C=O) groups excluding carboxylic acids is 1. The van der Waals surface area contributed by atoms with Gasteiger partial charge in [-0.25, -0.2) is 0 Å². The van der Waals surface area contributed by atoms with Gasteiger partial charge in [0.05, 0.1) is 17.7 Å². The summed E-state index contributed by atoms with van der Waals surface area (Å²) in [5.41, 5.74) is 6.82. The van der Waals surface area contributed by atoms with Crippen molar-refractivity contribution in [1.82, 2.24) is 10.3 Å². The minimum Gasteiger partial charge on any atom is -0.351 e. The lowest BCUT2D eigenvalue weighted by molar-refractivity contribution is 0.0890. The number of nitrogens with two attached hydrogens (primary N) is 1. The van der Waals surface area contributed by atoms with Crippen molar-refractivity contribution in [2.75, 3.05) is 13.1 Å². The molecule has 19 heavy (non-hydrogen) atoms. The smallest absolute Gasteiger partial charge is 0.252 e. The van der Waals surface area contributed by atoms with Gasteiger partial charge in [-0.15, -0.1) is 0 Å². The summed E-state index contributed by atoms with van der Waals surface area (Å²) in [5, 5.41) is 2.99. The average molecular weight is 257 g/mol. The molecule has 0 unspecified atom stereocenters. The van der Waals surface area contributed by atoms with E-state index in [4.69, 9.17) is 5.73 Å². The number of pyridine rings is 1. The molecule has 1 fully saturated rings. The highest BCUT2D eigenvalue weighted by molar-refractivity contribution is 5.96. The van der Waals surface area contributed by atoms with E-state index in [-0.39, 0.29) is 17.9 Å². The SMILES string of the molecule is CC1(CNC(=O)c2ccncc2C#CCN)CCC1. The van der Waals surface area contributed by atoms with Crippen LogP contribution in [0.3, 0.4) is 0 Å². The molecular formula is C15H19N3O. The average Bonchev–Trinajstić information content (AvgIpc) is 2.40. The van der Waals surface area contributed by atoms with Crippen LogP contribution in [0.5, 0.6) is 0 Å². The fourth-order valence-corrected chi connectivity index (χ4v) is 2.18. The van der Waals surface area contributed by atoms with Crippen molar-refractivity contribution in [3.63, 3.8) is 0 Å². The predicted molar refractivity (Wildman–Crippen MR) is 74.5 cm³/mol. The summed E-state index contributed by atoms with van der Waals surface area (Å²) in [5.74, 6) is 5.55. The molecule has 0 saturated heterocycles. The maximum absolute atomic E-state index is 12.2. The van der Waals surface area contributed by atoms with E-state index in [1.165, 1.54) is 19.3 Å². The highest BCUT2D eigenvalue weighted by atomic mass is 16.1. The zero-order valence-electron chi connectivity index (χ0n) is 11.2. The molecule has 0 atom stereocenters. The van der Waals surface area contributed by atoms with Crippen LogP contribution in [-0.2, 0) is 0 Å². The lowest BCUT2D eigenvalue weighted by Gasteiger charge is -2.38. The van der Waals surface area contributed by atoms with Gasteiger partial charge in [0.25, 0.3) is 5.91 Å². The summed E-state index contributed by atoms with van der Waals surface area (Å²) >= 11 is 0. The summed E-state index contributed by atoms with van der Waals surface area (Å²) < 4.78 is 0. The molecule has 0 aliphatic heterocycles. The zero-order chi connectivity index (χ0) is 13.7. The van der Waals surface area contributed by atoms with Crippen LogP contribution in [0.1, 0.15) is 42.1 Å². The van der Waals surface area contributed by atoms with Gasteiger partial charge in [-0.05, 0) is 24.3 Å². The van der Waals surface area contributed by atoms with Crippen molar-refractivity contribution in [2.24, 2.45) is 11.1 Å². The second-order valence-corrected chi connectivity index (χ2v) is 5.27. The van der Waals surface area contributed by atoms with Gasteiger partial charge in [-0.1, -0.05) is 25.2 Å². The molecule has 4 nitrogen and oxygen atoms in total. The van der Waals surface area contributed by atoms with Crippen molar-refractivity contribution in [1.29, 1.82) is 0 Å². The molecule has 3 N–H and O–H groups in total. The third-order valence-electron chi connectivity index (χ3n) is 3.63. The van der Waals surface area contributed by atoms with Crippen LogP contribution < -0.4 is 11.1 Å². The van der Waals surface area contributed by atoms with Crippen LogP contribution in [0.2, 0.25) is 0 Å². The summed E-state index contributed by atoms with van der Waals surface area (Å²) in [4.78, 5) is 16.2. The first-order chi connectivity index (χ1) is 9.14. The second-order valence-electron chi connectivity index (χ2n) is 5.27. The number of hydrogen-bond donors (Lipinski definition) is 2. The fraction of sp³-hybridized carbons (Fsp3) is 0.467. The Morgan fingerprint density at radius 1 is 1.58 bits per heavy atom. The monoisotopic (exact) mass is 257 g/mol. The number of nitrogens with one attached hydrogen (secondary N) is 1. The van der Waals surface area contributed by atoms with Gasteiger partial charge in [-0.2, -0.15) is 0 Å². The van der Waals surface area contributed by atoms with Crippen molar-refractivity contribution in [3.8, 4) is 11.8 Å². The van der Waals surface area contributed by atoms with E-state index in [0.717, 1.165) is 6.54 Å². The molecule has 1 heterocycles. The molecule has 1 aromatic rings. The van der Waals surface area contributed by atoms with Gasteiger partial charge >= 0.3 is 0 Å². The number of aromatic nitrogens is 1. The van der Waals surface area contributed by atoms with E-state index in [0.29, 0.717) is 11.1 Å². The molecule has 1 aliphatic carbocycles. The Labute approximate surface area is 113 Å². The highest BCUT2D eigenvalue weighted by Crippen LogP contribution is 2.39. The Morgan fingerprint density at radius 3 is 3.00 bits per heavy atom. The molecule has 100 valence electrons. The zero-order valence-corrected chi connectivity index (χ0v) is 11.2. The lowest BCUT2D eigenvalue weighted by atomic mass is 9.70. The Bertz CT molecular complexity index is 524. The summed E-state index contributed by atoms with van der Waals surface area (Å²) in [6.45, 7) is 3.20. The number of nitrogens with zero attached hydrogens (tertiary/aromatic N) is 1. The van der Waals surface area contributed by atoms with Crippen molar-refractivity contribution < 1.29 is 4.79 Å². The minimum atomic E-state index is -0.0863. The van der Waals surface area contributed by atoms with Crippen LogP contribution in [-0.4, -0.2) is 24.0 Å². The van der Waals surface area contributed by atoms with Gasteiger partial charge in [0, 0.05) is 18.9 Å². The molecule has 0 aromatic carbocycles. The number of amides is 1. The first-order valence-corrected chi connectivity index (χ1v) is 6.56. The standard InChI is InChI=1S/C15H19N3O/c1-15(6-3-7-15)11-18-14(19)13-5-9-17-10-12(13)4-2-8-16/h5,9-10H,3,6-8,11,16H2,1H3,(H,18,19). The molecule has 1 amide bonds. The first-order valence-electron chi connectivity index (χ1n) is 6.56. The first kappa shape index (κ1) is 13.6. The highest BCUT2D eigenvalue weighted by Gasteiger charge is 2.32. The quantitative estimate of drug-likeness (QED) is 0.802. The van der Waals surface area contributed by atoms with Gasteiger partial charge in [-0.3, -0.25) is 9.78 Å². The van der Waals surface area contributed by atoms with Gasteiger partial charge in [0.1, 0.15) is 0 Å². The molecule has 0 bridgehead atoms. The molecule has 2 rings (SSSR count). The van der Waals surface area contributed by atoms with E-state index in [9.17, 15) is 4.79 Å². The molecular weight excluding hydrogens is 238 g/mol. The topological polar surface area (TPSA) is 68.0 Å². The van der Waals surface area contributed by atoms with E-state index < -0.39 is 0 Å². The van der Waals surface area contributed by atoms with Crippen LogP contribution in [0.25, 0.3) is 0 Å². The van der Waals surface area contributed by atoms with E-state index >= 15 is 0 Å². The van der Waals surface area contributed by atoms with E-state index in [1.54, 1.807) is 18.5 Å². The molecule has 1 aliphatic rings. The third kappa shape index (κ3) is 3.33. The van der Waals surface area contributed by atoms with E-state index in [1.807, 2.05) is 0 Å². The fourth-order valence-electron chi connectivity index (χ4n) is 2.18. The maximum atomic E-state index is 12.2. The number of carbonyl (C=O) groups is 1. The molecule has 0 spiro atoms. The van der Waals surface area contributed by atoms with Gasteiger partial charge in [0.15, 0.2) is 0 Å². The summed E-state index contributed by atoms with van der Waals surface area (Å²) in [6, 6.07) is 1.69. The number of rotatable bonds is 3. The van der Waals surface area contributed by atoms with Gasteiger partial charge < -0.3 is 11.1 Å². The second kappa shape index (κ2) is 5.85. The normalized spacial score (nSPS) is 15.9. The minimum absolute atomic E-state index is 0.0863. The molecule has 1 aromatic heterocycles. The summed E-state index contributed by atoms with van der Waals surface area (Å²) in [6.07, 6.45) is 6.83. The van der Waals surface area contributed by atoms with Crippen LogP contribution in [0.15, 0.2) is 18.5 Å². The Kier molecular flexibility index (Phi) is 4.18. The Balaban J connectivity index is 2.06. The largest absolute Gasteiger partial charge is 0.351 e. The maximum Gasteiger partial charge on any atom is 0.252 e. The number of hydrogen-bond acceptors (Lipinski definition) is 3. The Hall–Kier alpha value is -1.86. The van der Waals surface area contributed by atoms with Crippen LogP contribution in [0.4, 0.5) is 0 Å². The van der Waals surface area contributed by atoms with E-state index in [2.05, 4.69) is 29.1 Å². The van der Waals surface area contributed by atoms with Crippen LogP contribution >= 0.6 is 0 Å². The van der Waals surface area contributed by atoms with Crippen molar-refractivity contribution >= 4 is 5.91 Å².